The molecule has 1 saturated heterocycles. The van der Waals surface area contributed by atoms with Crippen molar-refractivity contribution in [2.45, 2.75) is 64.0 Å². The van der Waals surface area contributed by atoms with E-state index in [1.165, 1.54) is 19.3 Å². The van der Waals surface area contributed by atoms with Crippen LogP contribution in [0.3, 0.4) is 0 Å². The highest BCUT2D eigenvalue weighted by Crippen LogP contribution is 2.60. The number of benzene rings is 1. The van der Waals surface area contributed by atoms with E-state index in [-0.39, 0.29) is 23.4 Å². The molecule has 7 heteroatoms. The lowest BCUT2D eigenvalue weighted by Gasteiger charge is -2.55. The highest BCUT2D eigenvalue weighted by molar-refractivity contribution is 6.35. The number of amides is 3. The van der Waals surface area contributed by atoms with Gasteiger partial charge in [0.2, 0.25) is 5.91 Å². The van der Waals surface area contributed by atoms with Crippen LogP contribution in [0.5, 0.6) is 0 Å². The number of likely N-dealkylation sites (tertiary alicyclic amines) is 1. The maximum atomic E-state index is 13.2. The van der Waals surface area contributed by atoms with Crippen LogP contribution in [0.4, 0.5) is 4.79 Å². The zero-order valence-corrected chi connectivity index (χ0v) is 19.4. The van der Waals surface area contributed by atoms with Crippen LogP contribution < -0.4 is 10.6 Å². The first-order valence-corrected chi connectivity index (χ1v) is 12.4. The summed E-state index contributed by atoms with van der Waals surface area (Å²) >= 11 is 12.2. The van der Waals surface area contributed by atoms with Gasteiger partial charge in [0.1, 0.15) is 0 Å². The maximum Gasteiger partial charge on any atom is 0.317 e. The third-order valence-corrected chi connectivity index (χ3v) is 8.69. The summed E-state index contributed by atoms with van der Waals surface area (Å²) in [5, 5.41) is 7.36. The van der Waals surface area contributed by atoms with Gasteiger partial charge >= 0.3 is 6.03 Å². The Balaban J connectivity index is 1.15. The molecule has 5 fully saturated rings. The Bertz CT molecular complexity index is 839. The standard InChI is InChI=1S/C24H31Cl2N3O2/c25-19-4-3-18(21(26)9-19)13-28-23(31)29-5-1-2-20(29)14-27-22(30)24-10-15-6-16(11-24)8-17(7-15)12-24/h3-4,9,15-17,20H,1-2,5-8,10-14H2,(H,27,30)(H,28,31). The maximum absolute atomic E-state index is 13.2. The molecule has 1 atom stereocenters. The van der Waals surface area contributed by atoms with Crippen LogP contribution in [0.15, 0.2) is 18.2 Å². The fraction of sp³-hybridized carbons (Fsp3) is 0.667. The molecule has 31 heavy (non-hydrogen) atoms. The van der Waals surface area contributed by atoms with Gasteiger partial charge in [0.05, 0.1) is 6.04 Å². The van der Waals surface area contributed by atoms with E-state index < -0.39 is 0 Å². The smallest absolute Gasteiger partial charge is 0.317 e. The minimum Gasteiger partial charge on any atom is -0.354 e. The summed E-state index contributed by atoms with van der Waals surface area (Å²) in [5.74, 6) is 2.51. The zero-order chi connectivity index (χ0) is 21.6. The number of nitrogens with one attached hydrogen (secondary N) is 2. The van der Waals surface area contributed by atoms with Gasteiger partial charge in [-0.3, -0.25) is 4.79 Å². The van der Waals surface area contributed by atoms with Crippen LogP contribution in [0, 0.1) is 23.2 Å². The molecule has 4 saturated carbocycles. The summed E-state index contributed by atoms with van der Waals surface area (Å²) in [5.41, 5.74) is 0.705. The predicted octanol–water partition coefficient (Wildman–Crippen LogP) is 5.00. The van der Waals surface area contributed by atoms with Crippen molar-refractivity contribution >= 4 is 35.1 Å². The summed E-state index contributed by atoms with van der Waals surface area (Å²) in [7, 11) is 0. The van der Waals surface area contributed by atoms with Crippen molar-refractivity contribution in [3.05, 3.63) is 33.8 Å². The minimum atomic E-state index is -0.133. The molecule has 0 aromatic heterocycles. The van der Waals surface area contributed by atoms with Crippen LogP contribution in [-0.4, -0.2) is 36.0 Å². The number of nitrogens with zero attached hydrogens (tertiary/aromatic N) is 1. The minimum absolute atomic E-state index is 0.0542. The van der Waals surface area contributed by atoms with Crippen LogP contribution in [0.1, 0.15) is 56.9 Å². The molecule has 168 valence electrons. The molecule has 1 aliphatic heterocycles. The molecule has 6 rings (SSSR count). The lowest BCUT2D eigenvalue weighted by molar-refractivity contribution is -0.146. The number of hydrogen-bond donors (Lipinski definition) is 2. The van der Waals surface area contributed by atoms with Gasteiger partial charge in [-0.25, -0.2) is 4.79 Å². The first-order valence-electron chi connectivity index (χ1n) is 11.7. The molecule has 1 heterocycles. The van der Waals surface area contributed by atoms with Crippen molar-refractivity contribution in [3.8, 4) is 0 Å². The molecular formula is C24H31Cl2N3O2. The number of carbonyl (C=O) groups excluding carboxylic acids is 2. The molecule has 5 nitrogen and oxygen atoms in total. The van der Waals surface area contributed by atoms with E-state index in [2.05, 4.69) is 10.6 Å². The monoisotopic (exact) mass is 463 g/mol. The summed E-state index contributed by atoms with van der Waals surface area (Å²) in [6.07, 6.45) is 9.11. The first kappa shape index (κ1) is 21.4. The first-order chi connectivity index (χ1) is 14.9. The van der Waals surface area contributed by atoms with Gasteiger partial charge in [0, 0.05) is 35.1 Å². The van der Waals surface area contributed by atoms with Crippen molar-refractivity contribution in [1.82, 2.24) is 15.5 Å². The second-order valence-corrected chi connectivity index (χ2v) is 11.1. The predicted molar refractivity (Wildman–Crippen MR) is 122 cm³/mol. The SMILES string of the molecule is O=C(NCc1ccc(Cl)cc1Cl)N1CCCC1CNC(=O)C12CC3CC(CC(C3)C1)C2. The van der Waals surface area contributed by atoms with Crippen molar-refractivity contribution in [3.63, 3.8) is 0 Å². The van der Waals surface area contributed by atoms with E-state index in [0.29, 0.717) is 23.1 Å². The third-order valence-electron chi connectivity index (χ3n) is 8.10. The van der Waals surface area contributed by atoms with E-state index >= 15 is 0 Å². The highest BCUT2D eigenvalue weighted by atomic mass is 35.5. The lowest BCUT2D eigenvalue weighted by atomic mass is 9.49. The van der Waals surface area contributed by atoms with E-state index in [4.69, 9.17) is 23.2 Å². The zero-order valence-electron chi connectivity index (χ0n) is 17.8. The molecule has 4 bridgehead atoms. The summed E-state index contributed by atoms with van der Waals surface area (Å²) < 4.78 is 0. The molecule has 5 aliphatic rings. The second-order valence-electron chi connectivity index (χ2n) is 10.3. The summed E-state index contributed by atoms with van der Waals surface area (Å²) in [6.45, 7) is 1.63. The van der Waals surface area contributed by atoms with E-state index in [9.17, 15) is 9.59 Å². The Hall–Kier alpha value is -1.46. The number of halogens is 2. The molecule has 1 aromatic carbocycles. The van der Waals surface area contributed by atoms with E-state index in [1.54, 1.807) is 12.1 Å². The third kappa shape index (κ3) is 4.28. The molecule has 3 amide bonds. The normalized spacial score (nSPS) is 33.5. The quantitative estimate of drug-likeness (QED) is 0.644. The number of hydrogen-bond acceptors (Lipinski definition) is 2. The van der Waals surface area contributed by atoms with Crippen LogP contribution in [0.25, 0.3) is 0 Å². The number of rotatable bonds is 5. The number of urea groups is 1. The van der Waals surface area contributed by atoms with E-state index in [0.717, 1.165) is 62.0 Å². The Morgan fingerprint density at radius 2 is 1.71 bits per heavy atom. The lowest BCUT2D eigenvalue weighted by Crippen LogP contribution is -2.55. The molecule has 1 unspecified atom stereocenters. The Morgan fingerprint density at radius 1 is 1.03 bits per heavy atom. The largest absolute Gasteiger partial charge is 0.354 e. The molecule has 0 radical (unpaired) electrons. The van der Waals surface area contributed by atoms with Gasteiger partial charge in [0.25, 0.3) is 0 Å². The van der Waals surface area contributed by atoms with Crippen LogP contribution in [-0.2, 0) is 11.3 Å². The van der Waals surface area contributed by atoms with Crippen LogP contribution in [0.2, 0.25) is 10.0 Å². The molecule has 0 spiro atoms. The topological polar surface area (TPSA) is 61.4 Å². The Kier molecular flexibility index (Phi) is 5.85. The average molecular weight is 464 g/mol. The van der Waals surface area contributed by atoms with Gasteiger partial charge in [-0.1, -0.05) is 29.3 Å². The van der Waals surface area contributed by atoms with Crippen molar-refractivity contribution in [1.29, 1.82) is 0 Å². The fourth-order valence-corrected chi connectivity index (χ4v) is 7.51. The van der Waals surface area contributed by atoms with Gasteiger partial charge < -0.3 is 15.5 Å². The summed E-state index contributed by atoms with van der Waals surface area (Å²) in [6, 6.07) is 5.24. The average Bonchev–Trinajstić information content (AvgIpc) is 3.19. The molecule has 4 aliphatic carbocycles. The molecule has 2 N–H and O–H groups in total. The van der Waals surface area contributed by atoms with Gasteiger partial charge in [-0.05, 0) is 86.8 Å². The highest BCUT2D eigenvalue weighted by Gasteiger charge is 2.54. The fourth-order valence-electron chi connectivity index (χ4n) is 7.04. The second kappa shape index (κ2) is 8.47. The Labute approximate surface area is 194 Å². The Morgan fingerprint density at radius 3 is 2.35 bits per heavy atom. The van der Waals surface area contributed by atoms with Crippen LogP contribution >= 0.6 is 23.2 Å². The van der Waals surface area contributed by atoms with Crippen molar-refractivity contribution < 1.29 is 9.59 Å². The molecule has 1 aromatic rings. The van der Waals surface area contributed by atoms with Gasteiger partial charge in [-0.15, -0.1) is 0 Å². The van der Waals surface area contributed by atoms with Crippen molar-refractivity contribution in [2.24, 2.45) is 23.2 Å². The van der Waals surface area contributed by atoms with E-state index in [1.807, 2.05) is 11.0 Å². The summed E-state index contributed by atoms with van der Waals surface area (Å²) in [4.78, 5) is 27.9. The van der Waals surface area contributed by atoms with Gasteiger partial charge in [0.15, 0.2) is 0 Å². The van der Waals surface area contributed by atoms with Gasteiger partial charge in [-0.2, -0.15) is 0 Å². The molecular weight excluding hydrogens is 433 g/mol. The van der Waals surface area contributed by atoms with Crippen molar-refractivity contribution in [2.75, 3.05) is 13.1 Å². The number of carbonyl (C=O) groups is 2.